The maximum absolute atomic E-state index is 12.3. The Morgan fingerprint density at radius 2 is 2.28 bits per heavy atom. The summed E-state index contributed by atoms with van der Waals surface area (Å²) in [4.78, 5) is 18.4. The van der Waals surface area contributed by atoms with Gasteiger partial charge in [-0.05, 0) is 20.3 Å². The molecule has 2 unspecified atom stereocenters. The lowest BCUT2D eigenvalue weighted by molar-refractivity contribution is 0.0604. The SMILES string of the molecule is CCCc1nc(C(=O)N2CC(C)NCC2C)n[nH]1. The minimum Gasteiger partial charge on any atom is -0.330 e. The van der Waals surface area contributed by atoms with E-state index in [0.717, 1.165) is 25.2 Å². The number of H-pyrrole nitrogens is 1. The van der Waals surface area contributed by atoms with Gasteiger partial charge in [0.25, 0.3) is 5.91 Å². The first-order chi connectivity index (χ1) is 8.61. The van der Waals surface area contributed by atoms with Crippen LogP contribution in [-0.4, -0.2) is 51.2 Å². The summed E-state index contributed by atoms with van der Waals surface area (Å²) in [6, 6.07) is 0.501. The van der Waals surface area contributed by atoms with E-state index in [0.29, 0.717) is 18.4 Å². The van der Waals surface area contributed by atoms with Crippen LogP contribution in [0.1, 0.15) is 43.6 Å². The van der Waals surface area contributed by atoms with E-state index < -0.39 is 0 Å². The summed E-state index contributed by atoms with van der Waals surface area (Å²) in [6.07, 6.45) is 1.82. The lowest BCUT2D eigenvalue weighted by Gasteiger charge is -2.36. The Bertz CT molecular complexity index is 416. The monoisotopic (exact) mass is 251 g/mol. The van der Waals surface area contributed by atoms with Crippen molar-refractivity contribution in [1.29, 1.82) is 0 Å². The van der Waals surface area contributed by atoms with Crippen LogP contribution in [0.25, 0.3) is 0 Å². The van der Waals surface area contributed by atoms with Gasteiger partial charge in [0.15, 0.2) is 0 Å². The number of aromatic nitrogens is 3. The lowest BCUT2D eigenvalue weighted by Crippen LogP contribution is -2.56. The van der Waals surface area contributed by atoms with E-state index in [2.05, 4.69) is 34.3 Å². The van der Waals surface area contributed by atoms with E-state index in [1.54, 1.807) is 0 Å². The lowest BCUT2D eigenvalue weighted by atomic mass is 10.1. The van der Waals surface area contributed by atoms with Gasteiger partial charge in [-0.25, -0.2) is 4.98 Å². The predicted octanol–water partition coefficient (Wildman–Crippen LogP) is 0.580. The van der Waals surface area contributed by atoms with Crippen LogP contribution >= 0.6 is 0 Å². The van der Waals surface area contributed by atoms with Gasteiger partial charge in [0.2, 0.25) is 5.82 Å². The highest BCUT2D eigenvalue weighted by Crippen LogP contribution is 2.10. The van der Waals surface area contributed by atoms with Crippen LogP contribution in [0.2, 0.25) is 0 Å². The molecule has 1 aromatic heterocycles. The van der Waals surface area contributed by atoms with Crippen LogP contribution in [0.5, 0.6) is 0 Å². The number of aryl methyl sites for hydroxylation is 1. The van der Waals surface area contributed by atoms with Crippen molar-refractivity contribution < 1.29 is 4.79 Å². The van der Waals surface area contributed by atoms with Gasteiger partial charge in [-0.3, -0.25) is 9.89 Å². The highest BCUT2D eigenvalue weighted by atomic mass is 16.2. The number of nitrogens with zero attached hydrogens (tertiary/aromatic N) is 3. The minimum atomic E-state index is -0.0746. The highest BCUT2D eigenvalue weighted by molar-refractivity contribution is 5.90. The Hall–Kier alpha value is -1.43. The molecule has 6 nitrogen and oxygen atoms in total. The molecule has 2 atom stereocenters. The molecule has 0 aliphatic carbocycles. The fourth-order valence-electron chi connectivity index (χ4n) is 2.17. The zero-order chi connectivity index (χ0) is 13.1. The zero-order valence-electron chi connectivity index (χ0n) is 11.2. The van der Waals surface area contributed by atoms with Crippen molar-refractivity contribution in [1.82, 2.24) is 25.4 Å². The molecule has 0 radical (unpaired) electrons. The number of nitrogens with one attached hydrogen (secondary N) is 2. The van der Waals surface area contributed by atoms with Crippen LogP contribution in [-0.2, 0) is 6.42 Å². The number of aromatic amines is 1. The predicted molar refractivity (Wildman–Crippen MR) is 68.3 cm³/mol. The molecule has 6 heteroatoms. The maximum atomic E-state index is 12.3. The molecule has 2 N–H and O–H groups in total. The first-order valence-electron chi connectivity index (χ1n) is 6.57. The van der Waals surface area contributed by atoms with Crippen molar-refractivity contribution >= 4 is 5.91 Å². The molecule has 1 aromatic rings. The molecule has 1 amide bonds. The number of hydrogen-bond acceptors (Lipinski definition) is 4. The average Bonchev–Trinajstić information content (AvgIpc) is 2.80. The minimum absolute atomic E-state index is 0.0746. The largest absolute Gasteiger partial charge is 0.330 e. The second kappa shape index (κ2) is 5.48. The number of carbonyl (C=O) groups excluding carboxylic acids is 1. The molecule has 0 bridgehead atoms. The summed E-state index contributed by atoms with van der Waals surface area (Å²) in [5.41, 5.74) is 0. The molecule has 0 saturated carbocycles. The van der Waals surface area contributed by atoms with E-state index in [-0.39, 0.29) is 11.9 Å². The Balaban J connectivity index is 2.09. The third-order valence-electron chi connectivity index (χ3n) is 3.24. The second-order valence-corrected chi connectivity index (χ2v) is 4.97. The summed E-state index contributed by atoms with van der Waals surface area (Å²) in [5.74, 6) is 1.01. The first-order valence-corrected chi connectivity index (χ1v) is 6.57. The van der Waals surface area contributed by atoms with Crippen molar-refractivity contribution in [3.05, 3.63) is 11.6 Å². The van der Waals surface area contributed by atoms with Crippen LogP contribution in [0, 0.1) is 0 Å². The van der Waals surface area contributed by atoms with Crippen LogP contribution in [0.15, 0.2) is 0 Å². The van der Waals surface area contributed by atoms with Gasteiger partial charge in [-0.1, -0.05) is 6.92 Å². The van der Waals surface area contributed by atoms with E-state index >= 15 is 0 Å². The third-order valence-corrected chi connectivity index (χ3v) is 3.24. The quantitative estimate of drug-likeness (QED) is 0.824. The van der Waals surface area contributed by atoms with Crippen molar-refractivity contribution in [2.75, 3.05) is 13.1 Å². The number of amides is 1. The van der Waals surface area contributed by atoms with E-state index in [9.17, 15) is 4.79 Å². The van der Waals surface area contributed by atoms with Gasteiger partial charge >= 0.3 is 0 Å². The summed E-state index contributed by atoms with van der Waals surface area (Å²) >= 11 is 0. The number of carbonyl (C=O) groups is 1. The maximum Gasteiger partial charge on any atom is 0.293 e. The Morgan fingerprint density at radius 3 is 3.00 bits per heavy atom. The molecule has 1 fully saturated rings. The second-order valence-electron chi connectivity index (χ2n) is 4.97. The smallest absolute Gasteiger partial charge is 0.293 e. The number of piperazine rings is 1. The van der Waals surface area contributed by atoms with Crippen molar-refractivity contribution in [3.63, 3.8) is 0 Å². The molecule has 0 aromatic carbocycles. The Morgan fingerprint density at radius 1 is 1.50 bits per heavy atom. The van der Waals surface area contributed by atoms with Crippen LogP contribution in [0.3, 0.4) is 0 Å². The van der Waals surface area contributed by atoms with Gasteiger partial charge in [-0.15, -0.1) is 5.10 Å². The standard InChI is InChI=1S/C12H21N5O/c1-4-5-10-14-11(16-15-10)12(18)17-7-8(2)13-6-9(17)3/h8-9,13H,4-7H2,1-3H3,(H,14,15,16). The molecule has 1 aliphatic heterocycles. The number of rotatable bonds is 3. The zero-order valence-corrected chi connectivity index (χ0v) is 11.2. The van der Waals surface area contributed by atoms with E-state index in [4.69, 9.17) is 0 Å². The van der Waals surface area contributed by atoms with Gasteiger partial charge in [-0.2, -0.15) is 0 Å². The molecule has 0 spiro atoms. The molecule has 100 valence electrons. The fourth-order valence-corrected chi connectivity index (χ4v) is 2.17. The topological polar surface area (TPSA) is 73.9 Å². The highest BCUT2D eigenvalue weighted by Gasteiger charge is 2.29. The molecular formula is C12H21N5O. The van der Waals surface area contributed by atoms with Gasteiger partial charge in [0, 0.05) is 31.6 Å². The van der Waals surface area contributed by atoms with Gasteiger partial charge in [0.05, 0.1) is 0 Å². The van der Waals surface area contributed by atoms with Crippen molar-refractivity contribution in [2.24, 2.45) is 0 Å². The summed E-state index contributed by atoms with van der Waals surface area (Å²) < 4.78 is 0. The molecule has 1 aliphatic rings. The Labute approximate surface area is 107 Å². The molecular weight excluding hydrogens is 230 g/mol. The number of hydrogen-bond donors (Lipinski definition) is 2. The fraction of sp³-hybridized carbons (Fsp3) is 0.750. The molecule has 2 heterocycles. The normalized spacial score (nSPS) is 24.3. The van der Waals surface area contributed by atoms with E-state index in [1.165, 1.54) is 0 Å². The van der Waals surface area contributed by atoms with Crippen molar-refractivity contribution in [3.8, 4) is 0 Å². The van der Waals surface area contributed by atoms with Gasteiger partial charge in [0.1, 0.15) is 5.82 Å². The van der Waals surface area contributed by atoms with E-state index in [1.807, 2.05) is 11.8 Å². The van der Waals surface area contributed by atoms with Gasteiger partial charge < -0.3 is 10.2 Å². The summed E-state index contributed by atoms with van der Waals surface area (Å²) in [5, 5.41) is 10.2. The molecule has 2 rings (SSSR count). The van der Waals surface area contributed by atoms with Crippen LogP contribution in [0.4, 0.5) is 0 Å². The molecule has 18 heavy (non-hydrogen) atoms. The summed E-state index contributed by atoms with van der Waals surface area (Å²) in [7, 11) is 0. The Kier molecular flexibility index (Phi) is 3.96. The summed E-state index contributed by atoms with van der Waals surface area (Å²) in [6.45, 7) is 7.71. The van der Waals surface area contributed by atoms with Crippen molar-refractivity contribution in [2.45, 2.75) is 45.7 Å². The molecule has 1 saturated heterocycles. The van der Waals surface area contributed by atoms with Crippen LogP contribution < -0.4 is 5.32 Å². The third kappa shape index (κ3) is 2.69. The first kappa shape index (κ1) is 13.0. The average molecular weight is 251 g/mol.